The molecule has 0 bridgehead atoms. The summed E-state index contributed by atoms with van der Waals surface area (Å²) in [4.78, 5) is 12.3. The molecule has 2 rings (SSSR count). The van der Waals surface area contributed by atoms with Crippen molar-refractivity contribution in [3.63, 3.8) is 0 Å². The standard InChI is InChI=1S/C14H19ClN2O/c1-10-5-6-11(15)12(9-10)17-13(18)14(2)7-3-4-8-16-14/h5-6,9,16H,3-4,7-8H2,1-2H3,(H,17,18). The molecule has 3 nitrogen and oxygen atoms in total. The SMILES string of the molecule is Cc1ccc(Cl)c(NC(=O)C2(C)CCCCN2)c1. The number of halogens is 1. The van der Waals surface area contributed by atoms with E-state index in [1.807, 2.05) is 32.0 Å². The zero-order valence-corrected chi connectivity index (χ0v) is 11.6. The lowest BCUT2D eigenvalue weighted by Gasteiger charge is -2.33. The third-order valence-electron chi connectivity index (χ3n) is 3.49. The number of amides is 1. The van der Waals surface area contributed by atoms with Crippen LogP contribution in [0.5, 0.6) is 0 Å². The highest BCUT2D eigenvalue weighted by Gasteiger charge is 2.34. The number of hydrogen-bond acceptors (Lipinski definition) is 2. The number of aryl methyl sites for hydroxylation is 1. The Morgan fingerprint density at radius 2 is 2.22 bits per heavy atom. The van der Waals surface area contributed by atoms with Crippen LogP contribution in [0.3, 0.4) is 0 Å². The van der Waals surface area contributed by atoms with E-state index >= 15 is 0 Å². The summed E-state index contributed by atoms with van der Waals surface area (Å²) >= 11 is 6.09. The largest absolute Gasteiger partial charge is 0.323 e. The molecule has 0 aromatic heterocycles. The molecule has 0 aliphatic carbocycles. The Hall–Kier alpha value is -1.06. The Balaban J connectivity index is 2.13. The average Bonchev–Trinajstić information content (AvgIpc) is 2.35. The van der Waals surface area contributed by atoms with E-state index in [4.69, 9.17) is 11.6 Å². The van der Waals surface area contributed by atoms with Crippen LogP contribution in [0.15, 0.2) is 18.2 Å². The fourth-order valence-electron chi connectivity index (χ4n) is 2.25. The predicted octanol–water partition coefficient (Wildman–Crippen LogP) is 3.12. The van der Waals surface area contributed by atoms with Gasteiger partial charge in [0, 0.05) is 0 Å². The van der Waals surface area contributed by atoms with Crippen LogP contribution >= 0.6 is 11.6 Å². The van der Waals surface area contributed by atoms with Gasteiger partial charge in [-0.3, -0.25) is 4.79 Å². The van der Waals surface area contributed by atoms with E-state index in [-0.39, 0.29) is 5.91 Å². The third kappa shape index (κ3) is 2.85. The molecular formula is C14H19ClN2O. The van der Waals surface area contributed by atoms with Gasteiger partial charge in [0.05, 0.1) is 16.2 Å². The van der Waals surface area contributed by atoms with E-state index in [9.17, 15) is 4.79 Å². The highest BCUT2D eigenvalue weighted by Crippen LogP contribution is 2.26. The topological polar surface area (TPSA) is 41.1 Å². The minimum atomic E-state index is -0.481. The Morgan fingerprint density at radius 3 is 2.89 bits per heavy atom. The van der Waals surface area contributed by atoms with Crippen molar-refractivity contribution in [3.05, 3.63) is 28.8 Å². The van der Waals surface area contributed by atoms with Crippen molar-refractivity contribution in [1.29, 1.82) is 0 Å². The predicted molar refractivity (Wildman–Crippen MR) is 75.1 cm³/mol. The van der Waals surface area contributed by atoms with Gasteiger partial charge >= 0.3 is 0 Å². The van der Waals surface area contributed by atoms with Crippen LogP contribution in [0.2, 0.25) is 5.02 Å². The van der Waals surface area contributed by atoms with Gasteiger partial charge < -0.3 is 10.6 Å². The summed E-state index contributed by atoms with van der Waals surface area (Å²) in [6.45, 7) is 4.82. The normalized spacial score (nSPS) is 23.7. The van der Waals surface area contributed by atoms with Crippen LogP contribution < -0.4 is 10.6 Å². The summed E-state index contributed by atoms with van der Waals surface area (Å²) in [7, 11) is 0. The average molecular weight is 267 g/mol. The van der Waals surface area contributed by atoms with Crippen molar-refractivity contribution in [1.82, 2.24) is 5.32 Å². The molecule has 1 aromatic rings. The van der Waals surface area contributed by atoms with Crippen LogP contribution in [0, 0.1) is 6.92 Å². The first kappa shape index (κ1) is 13.4. The Bertz CT molecular complexity index is 453. The number of rotatable bonds is 2. The van der Waals surface area contributed by atoms with Crippen molar-refractivity contribution in [2.45, 2.75) is 38.6 Å². The molecule has 1 aliphatic heterocycles. The van der Waals surface area contributed by atoms with Gasteiger partial charge in [-0.05, 0) is 57.4 Å². The number of anilines is 1. The zero-order valence-electron chi connectivity index (χ0n) is 10.8. The molecule has 0 radical (unpaired) electrons. The molecule has 1 atom stereocenters. The first-order valence-corrected chi connectivity index (χ1v) is 6.72. The van der Waals surface area contributed by atoms with Gasteiger partial charge in [0.1, 0.15) is 0 Å². The number of nitrogens with one attached hydrogen (secondary N) is 2. The third-order valence-corrected chi connectivity index (χ3v) is 3.82. The maximum Gasteiger partial charge on any atom is 0.244 e. The Kier molecular flexibility index (Phi) is 3.93. The molecule has 1 unspecified atom stereocenters. The molecule has 0 saturated carbocycles. The van der Waals surface area contributed by atoms with Crippen LogP contribution in [-0.4, -0.2) is 18.0 Å². The molecule has 1 aromatic carbocycles. The number of carbonyl (C=O) groups is 1. The second-order valence-electron chi connectivity index (χ2n) is 5.15. The maximum atomic E-state index is 12.3. The van der Waals surface area contributed by atoms with E-state index in [1.54, 1.807) is 0 Å². The van der Waals surface area contributed by atoms with Gasteiger partial charge in [0.25, 0.3) is 0 Å². The summed E-state index contributed by atoms with van der Waals surface area (Å²) in [6, 6.07) is 5.63. The number of hydrogen-bond donors (Lipinski definition) is 2. The van der Waals surface area contributed by atoms with E-state index in [0.717, 1.165) is 31.4 Å². The van der Waals surface area contributed by atoms with Crippen molar-refractivity contribution in [2.24, 2.45) is 0 Å². The first-order chi connectivity index (χ1) is 8.51. The van der Waals surface area contributed by atoms with Crippen LogP contribution in [-0.2, 0) is 4.79 Å². The summed E-state index contributed by atoms with van der Waals surface area (Å²) < 4.78 is 0. The molecule has 1 fully saturated rings. The van der Waals surface area contributed by atoms with Gasteiger partial charge in [-0.1, -0.05) is 17.7 Å². The fraction of sp³-hybridized carbons (Fsp3) is 0.500. The quantitative estimate of drug-likeness (QED) is 0.864. The fourth-order valence-corrected chi connectivity index (χ4v) is 2.41. The monoisotopic (exact) mass is 266 g/mol. The lowest BCUT2D eigenvalue weighted by molar-refractivity contribution is -0.122. The van der Waals surface area contributed by atoms with E-state index in [1.165, 1.54) is 0 Å². The molecule has 98 valence electrons. The molecule has 1 heterocycles. The zero-order chi connectivity index (χ0) is 13.2. The molecule has 1 aliphatic rings. The van der Waals surface area contributed by atoms with E-state index < -0.39 is 5.54 Å². The highest BCUT2D eigenvalue weighted by molar-refractivity contribution is 6.33. The molecule has 1 saturated heterocycles. The van der Waals surface area contributed by atoms with Gasteiger partial charge in [-0.2, -0.15) is 0 Å². The molecule has 2 N–H and O–H groups in total. The van der Waals surface area contributed by atoms with Gasteiger partial charge in [0.2, 0.25) is 5.91 Å². The Labute approximate surface area is 113 Å². The summed E-state index contributed by atoms with van der Waals surface area (Å²) in [6.07, 6.45) is 3.08. The minimum absolute atomic E-state index is 0.00491. The van der Waals surface area contributed by atoms with Gasteiger partial charge in [-0.15, -0.1) is 0 Å². The highest BCUT2D eigenvalue weighted by atomic mass is 35.5. The Morgan fingerprint density at radius 1 is 1.44 bits per heavy atom. The number of benzene rings is 1. The van der Waals surface area contributed by atoms with E-state index in [0.29, 0.717) is 10.7 Å². The second kappa shape index (κ2) is 5.29. The lowest BCUT2D eigenvalue weighted by atomic mass is 9.90. The van der Waals surface area contributed by atoms with Crippen molar-refractivity contribution >= 4 is 23.2 Å². The van der Waals surface area contributed by atoms with E-state index in [2.05, 4.69) is 10.6 Å². The van der Waals surface area contributed by atoms with Gasteiger partial charge in [0.15, 0.2) is 0 Å². The summed E-state index contributed by atoms with van der Waals surface area (Å²) in [5.41, 5.74) is 1.29. The van der Waals surface area contributed by atoms with Gasteiger partial charge in [-0.25, -0.2) is 0 Å². The van der Waals surface area contributed by atoms with Crippen molar-refractivity contribution in [3.8, 4) is 0 Å². The maximum absolute atomic E-state index is 12.3. The molecular weight excluding hydrogens is 248 g/mol. The molecule has 0 spiro atoms. The number of piperidine rings is 1. The van der Waals surface area contributed by atoms with Crippen molar-refractivity contribution < 1.29 is 4.79 Å². The first-order valence-electron chi connectivity index (χ1n) is 6.34. The van der Waals surface area contributed by atoms with Crippen LogP contribution in [0.1, 0.15) is 31.7 Å². The molecule has 18 heavy (non-hydrogen) atoms. The minimum Gasteiger partial charge on any atom is -0.323 e. The van der Waals surface area contributed by atoms with Crippen molar-refractivity contribution in [2.75, 3.05) is 11.9 Å². The summed E-state index contributed by atoms with van der Waals surface area (Å²) in [5.74, 6) is -0.00491. The van der Waals surface area contributed by atoms with Crippen LogP contribution in [0.25, 0.3) is 0 Å². The molecule has 4 heteroatoms. The number of carbonyl (C=O) groups excluding carboxylic acids is 1. The van der Waals surface area contributed by atoms with Crippen LogP contribution in [0.4, 0.5) is 5.69 Å². The lowest BCUT2D eigenvalue weighted by Crippen LogP contribution is -2.54. The smallest absolute Gasteiger partial charge is 0.244 e. The second-order valence-corrected chi connectivity index (χ2v) is 5.56. The molecule has 1 amide bonds. The summed E-state index contributed by atoms with van der Waals surface area (Å²) in [5, 5.41) is 6.80.